The normalized spacial score (nSPS) is 20.2. The van der Waals surface area contributed by atoms with Gasteiger partial charge in [-0.15, -0.1) is 0 Å². The molecular weight excluding hydrogens is 170 g/mol. The van der Waals surface area contributed by atoms with Gasteiger partial charge in [0, 0.05) is 12.0 Å². The van der Waals surface area contributed by atoms with Crippen LogP contribution in [-0.4, -0.2) is 30.0 Å². The highest BCUT2D eigenvalue weighted by atomic mass is 32.2. The Morgan fingerprint density at radius 1 is 1.25 bits per heavy atom. The molecule has 0 aliphatic carbocycles. The van der Waals surface area contributed by atoms with Crippen LogP contribution in [0.25, 0.3) is 0 Å². The molecule has 1 rings (SSSR count). The van der Waals surface area contributed by atoms with Crippen LogP contribution in [0.1, 0.15) is 33.1 Å². The van der Waals surface area contributed by atoms with Crippen molar-refractivity contribution in [3.05, 3.63) is 0 Å². The zero-order valence-electron chi connectivity index (χ0n) is 8.08. The molecule has 0 atom stereocenters. The second-order valence-electron chi connectivity index (χ2n) is 3.57. The number of nitrogens with zero attached hydrogens (tertiary/aromatic N) is 1. The van der Waals surface area contributed by atoms with Crippen molar-refractivity contribution in [2.24, 2.45) is 0 Å². The van der Waals surface area contributed by atoms with E-state index in [1.165, 1.54) is 32.4 Å². The molecule has 1 fully saturated rings. The first kappa shape index (κ1) is 10.4. The Labute approximate surface area is 79.9 Å². The Morgan fingerprint density at radius 2 is 1.92 bits per heavy atom. The molecule has 0 aromatic heterocycles. The summed E-state index contributed by atoms with van der Waals surface area (Å²) in [4.78, 5) is 2.47. The summed E-state index contributed by atoms with van der Waals surface area (Å²) in [5.41, 5.74) is 0. The van der Waals surface area contributed by atoms with Crippen LogP contribution in [0.3, 0.4) is 0 Å². The first-order valence-electron chi connectivity index (χ1n) is 4.79. The predicted octanol–water partition coefficient (Wildman–Crippen LogP) is 2.50. The van der Waals surface area contributed by atoms with Gasteiger partial charge < -0.3 is 4.18 Å². The lowest BCUT2D eigenvalue weighted by Crippen LogP contribution is -2.29. The van der Waals surface area contributed by atoms with Crippen molar-refractivity contribution in [3.63, 3.8) is 0 Å². The van der Waals surface area contributed by atoms with E-state index in [4.69, 9.17) is 4.18 Å². The largest absolute Gasteiger partial charge is 0.311 e. The fourth-order valence-electron chi connectivity index (χ4n) is 1.33. The van der Waals surface area contributed by atoms with Gasteiger partial charge in [0.2, 0.25) is 0 Å². The van der Waals surface area contributed by atoms with Crippen LogP contribution in [0.5, 0.6) is 0 Å². The van der Waals surface area contributed by atoms with Gasteiger partial charge in [-0.1, -0.05) is 6.42 Å². The Kier molecular flexibility index (Phi) is 5.04. The van der Waals surface area contributed by atoms with Gasteiger partial charge in [-0.3, -0.25) is 4.90 Å². The van der Waals surface area contributed by atoms with Gasteiger partial charge in [0.25, 0.3) is 0 Å². The molecule has 2 nitrogen and oxygen atoms in total. The number of rotatable bonds is 4. The van der Waals surface area contributed by atoms with Gasteiger partial charge in [-0.2, -0.15) is 0 Å². The van der Waals surface area contributed by atoms with Crippen LogP contribution in [0.15, 0.2) is 0 Å². The maximum atomic E-state index is 5.42. The van der Waals surface area contributed by atoms with E-state index in [0.717, 1.165) is 5.88 Å². The maximum Gasteiger partial charge on any atom is 0.0711 e. The zero-order valence-corrected chi connectivity index (χ0v) is 8.90. The van der Waals surface area contributed by atoms with Crippen LogP contribution in [-0.2, 0) is 4.18 Å². The van der Waals surface area contributed by atoms with Crippen molar-refractivity contribution in [2.45, 2.75) is 39.2 Å². The van der Waals surface area contributed by atoms with Crippen LogP contribution in [0.2, 0.25) is 0 Å². The molecule has 0 aromatic carbocycles. The molecular formula is C9H19NOS. The van der Waals surface area contributed by atoms with Gasteiger partial charge in [-0.05, 0) is 39.8 Å². The summed E-state index contributed by atoms with van der Waals surface area (Å²) in [6.45, 7) is 6.66. The van der Waals surface area contributed by atoms with Crippen molar-refractivity contribution < 1.29 is 4.18 Å². The van der Waals surface area contributed by atoms with Crippen molar-refractivity contribution in [1.29, 1.82) is 0 Å². The van der Waals surface area contributed by atoms with E-state index in [2.05, 4.69) is 18.7 Å². The molecule has 0 radical (unpaired) electrons. The third-order valence-corrected chi connectivity index (χ3v) is 2.94. The van der Waals surface area contributed by atoms with Gasteiger partial charge in [-0.25, -0.2) is 0 Å². The predicted molar refractivity (Wildman–Crippen MR) is 54.1 cm³/mol. The van der Waals surface area contributed by atoms with E-state index in [0.29, 0.717) is 6.10 Å². The molecule has 0 N–H and O–H groups in total. The van der Waals surface area contributed by atoms with E-state index >= 15 is 0 Å². The molecule has 0 unspecified atom stereocenters. The summed E-state index contributed by atoms with van der Waals surface area (Å²) in [6.07, 6.45) is 4.48. The fourth-order valence-corrected chi connectivity index (χ4v) is 2.07. The van der Waals surface area contributed by atoms with Crippen molar-refractivity contribution >= 4 is 12.0 Å². The standard InChI is InChI=1S/C9H19NOS/c1-9(2)11-12-8-10-6-4-3-5-7-10/h9H,3-8H2,1-2H3. The summed E-state index contributed by atoms with van der Waals surface area (Å²) in [5.74, 6) is 1.04. The number of hydrogen-bond donors (Lipinski definition) is 0. The third kappa shape index (κ3) is 4.33. The zero-order chi connectivity index (χ0) is 8.81. The molecule has 0 spiro atoms. The fraction of sp³-hybridized carbons (Fsp3) is 1.00. The van der Waals surface area contributed by atoms with E-state index in [-0.39, 0.29) is 0 Å². The highest BCUT2D eigenvalue weighted by Gasteiger charge is 2.09. The summed E-state index contributed by atoms with van der Waals surface area (Å²) in [6, 6.07) is 0. The molecule has 3 heteroatoms. The van der Waals surface area contributed by atoms with E-state index in [1.54, 1.807) is 12.0 Å². The van der Waals surface area contributed by atoms with Gasteiger partial charge in [0.1, 0.15) is 0 Å². The molecule has 1 heterocycles. The highest BCUT2D eigenvalue weighted by molar-refractivity contribution is 7.94. The van der Waals surface area contributed by atoms with E-state index in [1.807, 2.05) is 0 Å². The summed E-state index contributed by atoms with van der Waals surface area (Å²) in [5, 5.41) is 0. The van der Waals surface area contributed by atoms with E-state index in [9.17, 15) is 0 Å². The lowest BCUT2D eigenvalue weighted by Gasteiger charge is -2.25. The van der Waals surface area contributed by atoms with Crippen molar-refractivity contribution in [3.8, 4) is 0 Å². The quantitative estimate of drug-likeness (QED) is 0.630. The molecule has 72 valence electrons. The molecule has 1 aliphatic heterocycles. The minimum absolute atomic E-state index is 0.347. The summed E-state index contributed by atoms with van der Waals surface area (Å²) >= 11 is 1.59. The highest BCUT2D eigenvalue weighted by Crippen LogP contribution is 2.14. The minimum Gasteiger partial charge on any atom is -0.311 e. The number of piperidine rings is 1. The molecule has 1 aliphatic rings. The Morgan fingerprint density at radius 3 is 2.50 bits per heavy atom. The average molecular weight is 189 g/mol. The number of likely N-dealkylation sites (tertiary alicyclic amines) is 1. The van der Waals surface area contributed by atoms with E-state index < -0.39 is 0 Å². The lowest BCUT2D eigenvalue weighted by atomic mass is 10.1. The second-order valence-corrected chi connectivity index (χ2v) is 4.26. The molecule has 0 bridgehead atoms. The average Bonchev–Trinajstić information content (AvgIpc) is 2.05. The van der Waals surface area contributed by atoms with Gasteiger partial charge in [0.05, 0.1) is 12.0 Å². The SMILES string of the molecule is CC(C)OSCN1CCCCC1. The van der Waals surface area contributed by atoms with Gasteiger partial charge >= 0.3 is 0 Å². The molecule has 12 heavy (non-hydrogen) atoms. The lowest BCUT2D eigenvalue weighted by molar-refractivity contribution is 0.247. The maximum absolute atomic E-state index is 5.42. The van der Waals surface area contributed by atoms with Crippen LogP contribution < -0.4 is 0 Å². The number of hydrogen-bond acceptors (Lipinski definition) is 3. The Bertz CT molecular complexity index is 113. The van der Waals surface area contributed by atoms with Gasteiger partial charge in [0.15, 0.2) is 0 Å². The summed E-state index contributed by atoms with van der Waals surface area (Å²) < 4.78 is 5.42. The molecule has 1 saturated heterocycles. The first-order valence-corrected chi connectivity index (χ1v) is 5.71. The second kappa shape index (κ2) is 5.84. The van der Waals surface area contributed by atoms with Crippen molar-refractivity contribution in [1.82, 2.24) is 4.90 Å². The smallest absolute Gasteiger partial charge is 0.0711 e. The Hall–Kier alpha value is 0.270. The van der Waals surface area contributed by atoms with Crippen LogP contribution in [0, 0.1) is 0 Å². The van der Waals surface area contributed by atoms with Crippen molar-refractivity contribution in [2.75, 3.05) is 19.0 Å². The Balaban J connectivity index is 1.98. The first-order chi connectivity index (χ1) is 5.79. The minimum atomic E-state index is 0.347. The molecule has 0 amide bonds. The molecule has 0 aromatic rings. The van der Waals surface area contributed by atoms with Crippen LogP contribution in [0.4, 0.5) is 0 Å². The van der Waals surface area contributed by atoms with Crippen LogP contribution >= 0.6 is 12.0 Å². The summed E-state index contributed by atoms with van der Waals surface area (Å²) in [7, 11) is 0. The monoisotopic (exact) mass is 189 g/mol. The molecule has 0 saturated carbocycles. The third-order valence-electron chi connectivity index (χ3n) is 1.94. The topological polar surface area (TPSA) is 12.5 Å².